The van der Waals surface area contributed by atoms with E-state index in [2.05, 4.69) is 22.1 Å². The molecular formula is C24H28N4O7S. The number of ether oxygens (including phenoxy) is 1. The van der Waals surface area contributed by atoms with E-state index in [1.807, 2.05) is 37.2 Å². The van der Waals surface area contributed by atoms with Gasteiger partial charge in [-0.25, -0.2) is 0 Å². The van der Waals surface area contributed by atoms with Crippen LogP contribution < -0.4 is 15.8 Å². The van der Waals surface area contributed by atoms with E-state index in [0.29, 0.717) is 24.1 Å². The Morgan fingerprint density at radius 1 is 1.17 bits per heavy atom. The van der Waals surface area contributed by atoms with E-state index in [-0.39, 0.29) is 23.8 Å². The molecule has 0 aliphatic carbocycles. The maximum Gasteiger partial charge on any atom is 0.268 e. The van der Waals surface area contributed by atoms with Crippen molar-refractivity contribution in [2.24, 2.45) is 5.73 Å². The first kappa shape index (κ1) is 28.2. The van der Waals surface area contributed by atoms with Gasteiger partial charge in [-0.05, 0) is 56.6 Å². The minimum Gasteiger partial charge on any atom is -0.508 e. The molecule has 0 saturated carbocycles. The third-order valence-electron chi connectivity index (χ3n) is 4.47. The number of nitrogens with one attached hydrogen (secondary N) is 2. The largest absolute Gasteiger partial charge is 0.508 e. The molecule has 3 aromatic rings. The fraction of sp³-hybridized carbons (Fsp3) is 0.250. The molecule has 0 saturated heterocycles. The number of rotatable bonds is 7. The summed E-state index contributed by atoms with van der Waals surface area (Å²) >= 11 is 0. The lowest BCUT2D eigenvalue weighted by Crippen LogP contribution is -2.23. The standard InChI is InChI=1S/C23H24N4O4.CH4O3S/c1-27(2)10-11-31-18-7-8-20-16(12-18)13-21(26-20)23(30)25-9-3-4-15-5-6-17(28)14-19(15)22(24)29;1-5(2,3)4/h5-8,12-14,26,28H,9-11H2,1-2H3,(H2,24,29)(H,25,30);1H3,(H,2,3,4). The van der Waals surface area contributed by atoms with Crippen molar-refractivity contribution >= 4 is 32.8 Å². The van der Waals surface area contributed by atoms with Crippen molar-refractivity contribution < 1.29 is 32.4 Å². The molecule has 3 rings (SSSR count). The molecular weight excluding hydrogens is 488 g/mol. The lowest BCUT2D eigenvalue weighted by atomic mass is 10.1. The van der Waals surface area contributed by atoms with Gasteiger partial charge in [-0.15, -0.1) is 0 Å². The van der Waals surface area contributed by atoms with Crippen LogP contribution in [0.1, 0.15) is 26.4 Å². The number of nitrogens with zero attached hydrogens (tertiary/aromatic N) is 1. The molecule has 0 aliphatic rings. The number of hydrogen-bond donors (Lipinski definition) is 5. The smallest absolute Gasteiger partial charge is 0.268 e. The molecule has 6 N–H and O–H groups in total. The monoisotopic (exact) mass is 516 g/mol. The van der Waals surface area contributed by atoms with Crippen LogP contribution in [-0.2, 0) is 10.1 Å². The summed E-state index contributed by atoms with van der Waals surface area (Å²) in [4.78, 5) is 29.0. The van der Waals surface area contributed by atoms with Crippen molar-refractivity contribution in [3.05, 3.63) is 59.3 Å². The highest BCUT2D eigenvalue weighted by Gasteiger charge is 2.10. The Labute approximate surface area is 209 Å². The summed E-state index contributed by atoms with van der Waals surface area (Å²) in [5.74, 6) is 5.24. The number of phenols is 1. The lowest BCUT2D eigenvalue weighted by Gasteiger charge is -2.10. The number of fused-ring (bicyclic) bond motifs is 1. The fourth-order valence-corrected chi connectivity index (χ4v) is 2.87. The zero-order valence-electron chi connectivity index (χ0n) is 20.0. The number of aromatic nitrogens is 1. The summed E-state index contributed by atoms with van der Waals surface area (Å²) in [6, 6.07) is 11.5. The van der Waals surface area contributed by atoms with Crippen LogP contribution >= 0.6 is 0 Å². The van der Waals surface area contributed by atoms with Gasteiger partial charge in [0, 0.05) is 23.0 Å². The van der Waals surface area contributed by atoms with Crippen molar-refractivity contribution in [3.8, 4) is 23.3 Å². The Morgan fingerprint density at radius 3 is 2.50 bits per heavy atom. The molecule has 0 radical (unpaired) electrons. The SMILES string of the molecule is CN(C)CCOc1ccc2[nH]c(C(=O)NCC#Cc3ccc(O)cc3C(N)=O)cc2c1.CS(=O)(=O)O. The number of hydrogen-bond acceptors (Lipinski definition) is 7. The molecule has 0 bridgehead atoms. The van der Waals surface area contributed by atoms with Crippen molar-refractivity contribution in [1.29, 1.82) is 0 Å². The first-order valence-corrected chi connectivity index (χ1v) is 12.4. The maximum atomic E-state index is 12.4. The van der Waals surface area contributed by atoms with Crippen LogP contribution in [0.15, 0.2) is 42.5 Å². The number of nitrogens with two attached hydrogens (primary N) is 1. The van der Waals surface area contributed by atoms with E-state index in [4.69, 9.17) is 15.0 Å². The average Bonchev–Trinajstić information content (AvgIpc) is 3.19. The lowest BCUT2D eigenvalue weighted by molar-refractivity contribution is 0.0953. The Hall–Kier alpha value is -4.05. The van der Waals surface area contributed by atoms with Gasteiger partial charge in [0.05, 0.1) is 18.4 Å². The summed E-state index contributed by atoms with van der Waals surface area (Å²) in [6.07, 6.45) is 0.715. The number of primary amides is 1. The van der Waals surface area contributed by atoms with Crippen LogP contribution in [0.4, 0.5) is 0 Å². The molecule has 2 amide bonds. The molecule has 0 atom stereocenters. The van der Waals surface area contributed by atoms with Crippen molar-refractivity contribution in [1.82, 2.24) is 15.2 Å². The number of benzene rings is 2. The van der Waals surface area contributed by atoms with E-state index < -0.39 is 16.0 Å². The molecule has 1 heterocycles. The molecule has 192 valence electrons. The van der Waals surface area contributed by atoms with Crippen LogP contribution in [0.25, 0.3) is 10.9 Å². The third kappa shape index (κ3) is 9.67. The van der Waals surface area contributed by atoms with Crippen molar-refractivity contribution in [3.63, 3.8) is 0 Å². The number of phenolic OH excluding ortho intramolecular Hbond substituents is 1. The number of H-pyrrole nitrogens is 1. The molecule has 11 nitrogen and oxygen atoms in total. The van der Waals surface area contributed by atoms with E-state index in [9.17, 15) is 23.1 Å². The third-order valence-corrected chi connectivity index (χ3v) is 4.47. The Morgan fingerprint density at radius 2 is 1.86 bits per heavy atom. The van der Waals surface area contributed by atoms with Gasteiger partial charge in [0.15, 0.2) is 0 Å². The maximum absolute atomic E-state index is 12.4. The van der Waals surface area contributed by atoms with Gasteiger partial charge >= 0.3 is 0 Å². The number of aromatic amines is 1. The van der Waals surface area contributed by atoms with Gasteiger partial charge in [0.25, 0.3) is 16.0 Å². The molecule has 0 fully saturated rings. The quantitative estimate of drug-likeness (QED) is 0.230. The predicted molar refractivity (Wildman–Crippen MR) is 136 cm³/mol. The van der Waals surface area contributed by atoms with Gasteiger partial charge < -0.3 is 30.8 Å². The number of likely N-dealkylation sites (N-methyl/N-ethyl adjacent to an activating group) is 1. The second-order valence-electron chi connectivity index (χ2n) is 7.90. The van der Waals surface area contributed by atoms with Gasteiger partial charge in [0.2, 0.25) is 5.91 Å². The van der Waals surface area contributed by atoms with Crippen molar-refractivity contribution in [2.75, 3.05) is 40.0 Å². The van der Waals surface area contributed by atoms with Crippen LogP contribution in [0.2, 0.25) is 0 Å². The summed E-state index contributed by atoms with van der Waals surface area (Å²) in [5.41, 5.74) is 7.03. The normalized spacial score (nSPS) is 10.7. The van der Waals surface area contributed by atoms with Crippen LogP contribution in [-0.4, -0.2) is 79.8 Å². The highest BCUT2D eigenvalue weighted by Crippen LogP contribution is 2.22. The zero-order valence-corrected chi connectivity index (χ0v) is 20.8. The minimum atomic E-state index is -3.67. The number of aromatic hydroxyl groups is 1. The van der Waals surface area contributed by atoms with E-state index in [1.165, 1.54) is 18.2 Å². The molecule has 12 heteroatoms. The van der Waals surface area contributed by atoms with Crippen LogP contribution in [0, 0.1) is 11.8 Å². The summed E-state index contributed by atoms with van der Waals surface area (Å²) < 4.78 is 31.6. The average molecular weight is 517 g/mol. The van der Waals surface area contributed by atoms with Gasteiger partial charge in [-0.3, -0.25) is 14.1 Å². The van der Waals surface area contributed by atoms with Crippen molar-refractivity contribution in [2.45, 2.75) is 0 Å². The number of amides is 2. The number of carbonyl (C=O) groups excluding carboxylic acids is 2. The van der Waals surface area contributed by atoms with E-state index >= 15 is 0 Å². The Kier molecular flexibility index (Phi) is 9.86. The molecule has 0 spiro atoms. The highest BCUT2D eigenvalue weighted by atomic mass is 32.2. The van der Waals surface area contributed by atoms with Gasteiger partial charge in [-0.2, -0.15) is 8.42 Å². The second kappa shape index (κ2) is 12.6. The Bertz CT molecular complexity index is 1390. The molecule has 36 heavy (non-hydrogen) atoms. The van der Waals surface area contributed by atoms with Gasteiger partial charge in [0.1, 0.15) is 23.8 Å². The highest BCUT2D eigenvalue weighted by molar-refractivity contribution is 7.85. The van der Waals surface area contributed by atoms with Crippen LogP contribution in [0.5, 0.6) is 11.5 Å². The van der Waals surface area contributed by atoms with Gasteiger partial charge in [-0.1, -0.05) is 11.8 Å². The molecule has 0 aliphatic heterocycles. The first-order valence-electron chi connectivity index (χ1n) is 10.6. The first-order chi connectivity index (χ1) is 16.8. The summed E-state index contributed by atoms with van der Waals surface area (Å²) in [5, 5.41) is 13.0. The molecule has 2 aromatic carbocycles. The Balaban J connectivity index is 0.000000830. The summed E-state index contributed by atoms with van der Waals surface area (Å²) in [6.45, 7) is 1.46. The predicted octanol–water partition coefficient (Wildman–Crippen LogP) is 1.20. The zero-order chi connectivity index (χ0) is 26.9. The molecule has 1 aromatic heterocycles. The molecule has 0 unspecified atom stereocenters. The topological polar surface area (TPSA) is 175 Å². The number of carbonyl (C=O) groups is 2. The minimum absolute atomic E-state index is 0.0716. The van der Waals surface area contributed by atoms with Crippen LogP contribution in [0.3, 0.4) is 0 Å². The second-order valence-corrected chi connectivity index (χ2v) is 9.36. The van der Waals surface area contributed by atoms with E-state index in [1.54, 1.807) is 6.07 Å². The fourth-order valence-electron chi connectivity index (χ4n) is 2.87. The van der Waals surface area contributed by atoms with E-state index in [0.717, 1.165) is 23.2 Å². The summed E-state index contributed by atoms with van der Waals surface area (Å²) in [7, 11) is 0.296.